The van der Waals surface area contributed by atoms with Crippen LogP contribution >= 0.6 is 0 Å². The van der Waals surface area contributed by atoms with Crippen LogP contribution in [0.2, 0.25) is 0 Å². The molecule has 0 atom stereocenters. The highest BCUT2D eigenvalue weighted by Crippen LogP contribution is 2.28. The van der Waals surface area contributed by atoms with E-state index in [4.69, 9.17) is 0 Å². The minimum Gasteiger partial charge on any atom is -1.00 e. The maximum absolute atomic E-state index is 2.21. The van der Waals surface area contributed by atoms with Gasteiger partial charge in [0.15, 0.2) is 6.20 Å². The highest BCUT2D eigenvalue weighted by molar-refractivity contribution is 5.91. The average molecular weight is 423 g/mol. The summed E-state index contributed by atoms with van der Waals surface area (Å²) in [5, 5.41) is 1.26. The Hall–Kier alpha value is -2.20. The summed E-state index contributed by atoms with van der Waals surface area (Å²) in [6.07, 6.45) is 2.10. The van der Waals surface area contributed by atoms with Crippen LogP contribution in [-0.4, -0.2) is 0 Å². The van der Waals surface area contributed by atoms with Crippen molar-refractivity contribution in [1.82, 2.24) is 0 Å². The molecule has 4 aromatic rings. The Balaban J connectivity index is 0.00000169. The van der Waals surface area contributed by atoms with E-state index in [9.17, 15) is 0 Å². The molecular weight excluding hydrogens is 405 g/mol. The van der Waals surface area contributed by atoms with Crippen LogP contribution in [0.3, 0.4) is 0 Å². The quantitative estimate of drug-likeness (QED) is 0.343. The lowest BCUT2D eigenvalue weighted by Gasteiger charge is -2.07. The van der Waals surface area contributed by atoms with Crippen LogP contribution in [0.25, 0.3) is 33.2 Å². The summed E-state index contributed by atoms with van der Waals surface area (Å²) in [7, 11) is 2.10. The zero-order valence-electron chi connectivity index (χ0n) is 13.5. The lowest BCUT2D eigenvalue weighted by atomic mass is 9.98. The first-order chi connectivity index (χ1) is 11.3. The first-order valence-corrected chi connectivity index (χ1v) is 7.86. The van der Waals surface area contributed by atoms with Gasteiger partial charge in [-0.3, -0.25) is 0 Å². The Morgan fingerprint density at radius 3 is 1.96 bits per heavy atom. The number of benzene rings is 3. The van der Waals surface area contributed by atoms with E-state index < -0.39 is 0 Å². The number of rotatable bonds is 2. The van der Waals surface area contributed by atoms with Gasteiger partial charge in [0, 0.05) is 11.5 Å². The maximum Gasteiger partial charge on any atom is 0.220 e. The fourth-order valence-electron chi connectivity index (χ4n) is 3.15. The van der Waals surface area contributed by atoms with E-state index in [0.717, 1.165) is 0 Å². The van der Waals surface area contributed by atoms with Crippen molar-refractivity contribution in [3.05, 3.63) is 91.1 Å². The molecule has 0 N–H and O–H groups in total. The number of hydrogen-bond donors (Lipinski definition) is 0. The molecular formula is C22H18IN. The molecule has 118 valence electrons. The zero-order valence-corrected chi connectivity index (χ0v) is 15.6. The van der Waals surface area contributed by atoms with Crippen molar-refractivity contribution in [2.75, 3.05) is 0 Å². The second kappa shape index (κ2) is 7.14. The first-order valence-electron chi connectivity index (χ1n) is 7.86. The molecule has 0 saturated heterocycles. The Morgan fingerprint density at radius 2 is 1.21 bits per heavy atom. The topological polar surface area (TPSA) is 3.88 Å². The number of hydrogen-bond acceptors (Lipinski definition) is 0. The van der Waals surface area contributed by atoms with Crippen LogP contribution in [0.1, 0.15) is 0 Å². The largest absolute Gasteiger partial charge is 1.00 e. The number of nitrogens with zero attached hydrogens (tertiary/aromatic N) is 1. The van der Waals surface area contributed by atoms with Crippen molar-refractivity contribution < 1.29 is 28.5 Å². The van der Waals surface area contributed by atoms with E-state index in [1.807, 2.05) is 6.07 Å². The average Bonchev–Trinajstić information content (AvgIpc) is 2.62. The van der Waals surface area contributed by atoms with Gasteiger partial charge in [-0.25, -0.2) is 4.57 Å². The summed E-state index contributed by atoms with van der Waals surface area (Å²) in [6, 6.07) is 30.1. The number of fused-ring (bicyclic) bond motifs is 1. The smallest absolute Gasteiger partial charge is 0.220 e. The van der Waals surface area contributed by atoms with Crippen LogP contribution in [0.4, 0.5) is 0 Å². The van der Waals surface area contributed by atoms with Crippen molar-refractivity contribution in [3.8, 4) is 22.3 Å². The predicted molar refractivity (Wildman–Crippen MR) is 96.0 cm³/mol. The summed E-state index contributed by atoms with van der Waals surface area (Å²) < 4.78 is 2.19. The number of pyridine rings is 1. The molecule has 3 aromatic carbocycles. The van der Waals surface area contributed by atoms with Crippen LogP contribution in [0.15, 0.2) is 91.1 Å². The number of halogens is 1. The highest BCUT2D eigenvalue weighted by atomic mass is 127. The van der Waals surface area contributed by atoms with Crippen molar-refractivity contribution >= 4 is 10.9 Å². The predicted octanol–water partition coefficient (Wildman–Crippen LogP) is 2.00. The fourth-order valence-corrected chi connectivity index (χ4v) is 3.15. The van der Waals surface area contributed by atoms with E-state index in [0.29, 0.717) is 0 Å². The summed E-state index contributed by atoms with van der Waals surface area (Å²) in [6.45, 7) is 0. The maximum atomic E-state index is 2.21. The molecule has 0 unspecified atom stereocenters. The molecule has 1 nitrogen and oxygen atoms in total. The Labute approximate surface area is 159 Å². The van der Waals surface area contributed by atoms with E-state index in [1.54, 1.807) is 0 Å². The number of aryl methyl sites for hydroxylation is 1. The molecule has 4 rings (SSSR count). The van der Waals surface area contributed by atoms with Crippen molar-refractivity contribution in [2.45, 2.75) is 0 Å². The molecule has 0 spiro atoms. The molecule has 0 aliphatic heterocycles. The van der Waals surface area contributed by atoms with Gasteiger partial charge in [-0.1, -0.05) is 60.7 Å². The van der Waals surface area contributed by atoms with E-state index in [2.05, 4.69) is 96.7 Å². The molecule has 0 fully saturated rings. The van der Waals surface area contributed by atoms with Gasteiger partial charge in [-0.05, 0) is 34.9 Å². The Bertz CT molecular complexity index is 955. The molecule has 0 radical (unpaired) electrons. The minimum atomic E-state index is 0. The molecule has 1 aromatic heterocycles. The summed E-state index contributed by atoms with van der Waals surface area (Å²) >= 11 is 0. The van der Waals surface area contributed by atoms with E-state index in [-0.39, 0.29) is 24.0 Å². The van der Waals surface area contributed by atoms with Gasteiger partial charge in [0.2, 0.25) is 5.52 Å². The third-order valence-corrected chi connectivity index (χ3v) is 4.31. The van der Waals surface area contributed by atoms with Crippen LogP contribution in [0.5, 0.6) is 0 Å². The molecule has 2 heteroatoms. The van der Waals surface area contributed by atoms with Crippen molar-refractivity contribution in [3.63, 3.8) is 0 Å². The van der Waals surface area contributed by atoms with Crippen LogP contribution in [0, 0.1) is 0 Å². The third-order valence-electron chi connectivity index (χ3n) is 4.31. The summed E-state index contributed by atoms with van der Waals surface area (Å²) in [5.41, 5.74) is 6.28. The summed E-state index contributed by atoms with van der Waals surface area (Å²) in [5.74, 6) is 0. The van der Waals surface area contributed by atoms with Crippen LogP contribution in [-0.2, 0) is 7.05 Å². The highest BCUT2D eigenvalue weighted by Gasteiger charge is 2.12. The van der Waals surface area contributed by atoms with Gasteiger partial charge in [0.25, 0.3) is 0 Å². The lowest BCUT2D eigenvalue weighted by molar-refractivity contribution is -0.644. The van der Waals surface area contributed by atoms with Crippen LogP contribution < -0.4 is 28.5 Å². The van der Waals surface area contributed by atoms with Crippen molar-refractivity contribution in [2.24, 2.45) is 7.05 Å². The Morgan fingerprint density at radius 1 is 0.583 bits per heavy atom. The molecule has 0 bridgehead atoms. The van der Waals surface area contributed by atoms with Gasteiger partial charge < -0.3 is 24.0 Å². The lowest BCUT2D eigenvalue weighted by Crippen LogP contribution is -3.00. The van der Waals surface area contributed by atoms with Gasteiger partial charge in [-0.2, -0.15) is 0 Å². The monoisotopic (exact) mass is 423 g/mol. The van der Waals surface area contributed by atoms with Crippen molar-refractivity contribution in [1.29, 1.82) is 0 Å². The summed E-state index contributed by atoms with van der Waals surface area (Å²) in [4.78, 5) is 0. The zero-order chi connectivity index (χ0) is 15.6. The molecule has 24 heavy (non-hydrogen) atoms. The molecule has 0 amide bonds. The van der Waals surface area contributed by atoms with E-state index >= 15 is 0 Å². The minimum absolute atomic E-state index is 0. The Kier molecular flexibility index (Phi) is 4.95. The van der Waals surface area contributed by atoms with Gasteiger partial charge in [-0.15, -0.1) is 0 Å². The molecule has 1 heterocycles. The van der Waals surface area contributed by atoms with E-state index in [1.165, 1.54) is 33.2 Å². The SMILES string of the molecule is C[n+]1cccc2cccc(-c3ccc(-c4ccccc4)cc3)c21.[I-]. The third kappa shape index (κ3) is 3.06. The molecule has 0 aliphatic rings. The standard InChI is InChI=1S/C22H18N.HI/c1-23-16-6-10-20-9-5-11-21(22(20)23)19-14-12-18(13-15-19)17-7-3-2-4-8-17;/h2-16H,1H3;1H/q+1;/p-1. The first kappa shape index (κ1) is 16.7. The number of aromatic nitrogens is 1. The van der Waals surface area contributed by atoms with Gasteiger partial charge >= 0.3 is 0 Å². The fraction of sp³-hybridized carbons (Fsp3) is 0.0455. The number of para-hydroxylation sites is 1. The van der Waals surface area contributed by atoms with Gasteiger partial charge in [0.1, 0.15) is 7.05 Å². The second-order valence-corrected chi connectivity index (χ2v) is 5.81. The normalized spacial score (nSPS) is 10.4. The van der Waals surface area contributed by atoms with Gasteiger partial charge in [0.05, 0.1) is 5.56 Å². The second-order valence-electron chi connectivity index (χ2n) is 5.81. The molecule has 0 saturated carbocycles. The molecule has 0 aliphatic carbocycles.